The molecule has 0 saturated carbocycles. The average molecular weight is 289 g/mol. The van der Waals surface area contributed by atoms with E-state index in [4.69, 9.17) is 0 Å². The Kier molecular flexibility index (Phi) is 3.40. The lowest BCUT2D eigenvalue weighted by molar-refractivity contribution is 0.100. The summed E-state index contributed by atoms with van der Waals surface area (Å²) in [5.74, 6) is 0.572. The number of hydrogen-bond donors (Lipinski definition) is 0. The number of imidazole rings is 1. The van der Waals surface area contributed by atoms with Gasteiger partial charge in [-0.2, -0.15) is 4.36 Å². The number of hydrogen-bond acceptors (Lipinski definition) is 3. The second-order valence-electron chi connectivity index (χ2n) is 4.79. The highest BCUT2D eigenvalue weighted by atomic mass is 32.2. The molecule has 0 N–H and O–H groups in total. The third-order valence-electron chi connectivity index (χ3n) is 3.28. The minimum absolute atomic E-state index is 0.239. The first-order chi connectivity index (χ1) is 9.66. The summed E-state index contributed by atoms with van der Waals surface area (Å²) in [6, 6.07) is 9.59. The molecule has 0 spiro atoms. The van der Waals surface area contributed by atoms with Crippen LogP contribution in [0.1, 0.15) is 23.3 Å². The van der Waals surface area contributed by atoms with E-state index in [9.17, 15) is 9.00 Å². The predicted octanol–water partition coefficient (Wildman–Crippen LogP) is 2.27. The molecule has 1 aromatic carbocycles. The molecule has 20 heavy (non-hydrogen) atoms. The van der Waals surface area contributed by atoms with Gasteiger partial charge in [0, 0.05) is 23.4 Å². The first kappa shape index (κ1) is 13.1. The fourth-order valence-corrected chi connectivity index (χ4v) is 4.31. The van der Waals surface area contributed by atoms with E-state index < -0.39 is 15.6 Å². The van der Waals surface area contributed by atoms with Crippen LogP contribution in [0, 0.1) is 0 Å². The van der Waals surface area contributed by atoms with Crippen molar-refractivity contribution in [1.82, 2.24) is 9.55 Å². The Balaban J connectivity index is 1.87. The lowest BCUT2D eigenvalue weighted by atomic mass is 10.3. The standard InChI is InChI=1S/C14H15N3O2S/c18-14(16-20(19)8-4-5-9-20)13-10-17(11-15-13)12-6-2-1-3-7-12/h1-3,6-7,10-11H,4-5,8-9H2. The quantitative estimate of drug-likeness (QED) is 0.852. The van der Waals surface area contributed by atoms with Crippen molar-refractivity contribution in [1.29, 1.82) is 0 Å². The van der Waals surface area contributed by atoms with Gasteiger partial charge in [-0.1, -0.05) is 18.2 Å². The molecule has 0 bridgehead atoms. The van der Waals surface area contributed by atoms with Gasteiger partial charge in [-0.15, -0.1) is 0 Å². The Morgan fingerprint density at radius 3 is 2.60 bits per heavy atom. The van der Waals surface area contributed by atoms with Crippen molar-refractivity contribution in [3.8, 4) is 5.69 Å². The van der Waals surface area contributed by atoms with E-state index in [1.807, 2.05) is 30.3 Å². The Bertz CT molecular complexity index is 731. The van der Waals surface area contributed by atoms with Gasteiger partial charge in [-0.25, -0.2) is 9.19 Å². The molecule has 1 saturated heterocycles. The number of aromatic nitrogens is 2. The maximum absolute atomic E-state index is 12.2. The molecule has 2 heterocycles. The van der Waals surface area contributed by atoms with E-state index in [1.54, 1.807) is 17.1 Å². The van der Waals surface area contributed by atoms with Crippen molar-refractivity contribution in [2.75, 3.05) is 11.5 Å². The molecular weight excluding hydrogens is 274 g/mol. The van der Waals surface area contributed by atoms with Crippen LogP contribution >= 0.6 is 0 Å². The number of carbonyl (C=O) groups excluding carboxylic acids is 1. The van der Waals surface area contributed by atoms with Gasteiger partial charge < -0.3 is 4.57 Å². The topological polar surface area (TPSA) is 64.3 Å². The second kappa shape index (κ2) is 5.20. The summed E-state index contributed by atoms with van der Waals surface area (Å²) in [6.07, 6.45) is 4.96. The molecule has 1 amide bonds. The molecule has 1 aliphatic rings. The lowest BCUT2D eigenvalue weighted by Crippen LogP contribution is -2.06. The van der Waals surface area contributed by atoms with Gasteiger partial charge in [0.25, 0.3) is 0 Å². The molecule has 0 radical (unpaired) electrons. The van der Waals surface area contributed by atoms with E-state index >= 15 is 0 Å². The third kappa shape index (κ3) is 2.65. The lowest BCUT2D eigenvalue weighted by Gasteiger charge is -1.99. The van der Waals surface area contributed by atoms with Crippen LogP contribution in [0.15, 0.2) is 47.2 Å². The van der Waals surface area contributed by atoms with Crippen LogP contribution in [0.4, 0.5) is 0 Å². The van der Waals surface area contributed by atoms with E-state index in [-0.39, 0.29) is 5.69 Å². The van der Waals surface area contributed by atoms with Crippen LogP contribution in [0.3, 0.4) is 0 Å². The molecule has 3 rings (SSSR count). The smallest absolute Gasteiger partial charge is 0.305 e. The van der Waals surface area contributed by atoms with Crippen molar-refractivity contribution in [3.05, 3.63) is 48.5 Å². The molecule has 1 aliphatic heterocycles. The SMILES string of the molecule is O=C(N=S1(=O)CCCC1)c1cn(-c2ccccc2)cn1. The molecule has 0 atom stereocenters. The number of rotatable bonds is 2. The largest absolute Gasteiger partial charge is 0.305 e. The summed E-state index contributed by atoms with van der Waals surface area (Å²) in [6.45, 7) is 0. The maximum Gasteiger partial charge on any atom is 0.305 e. The summed E-state index contributed by atoms with van der Waals surface area (Å²) in [5, 5.41) is 0. The van der Waals surface area contributed by atoms with Crippen LogP contribution in [0.25, 0.3) is 5.69 Å². The highest BCUT2D eigenvalue weighted by molar-refractivity contribution is 7.94. The molecule has 1 aromatic heterocycles. The zero-order chi connectivity index (χ0) is 14.0. The number of amides is 1. The minimum Gasteiger partial charge on any atom is -0.305 e. The fourth-order valence-electron chi connectivity index (χ4n) is 2.22. The van der Waals surface area contributed by atoms with Gasteiger partial charge in [-0.05, 0) is 25.0 Å². The van der Waals surface area contributed by atoms with Crippen LogP contribution < -0.4 is 0 Å². The van der Waals surface area contributed by atoms with Crippen molar-refractivity contribution < 1.29 is 9.00 Å². The summed E-state index contributed by atoms with van der Waals surface area (Å²) >= 11 is 0. The third-order valence-corrected chi connectivity index (χ3v) is 5.63. The fraction of sp³-hybridized carbons (Fsp3) is 0.286. The van der Waals surface area contributed by atoms with Gasteiger partial charge in [0.2, 0.25) is 0 Å². The van der Waals surface area contributed by atoms with Crippen LogP contribution in [-0.2, 0) is 9.73 Å². The number of benzene rings is 1. The van der Waals surface area contributed by atoms with Gasteiger partial charge in [0.1, 0.15) is 12.0 Å². The monoisotopic (exact) mass is 289 g/mol. The Labute approximate surface area is 117 Å². The molecule has 5 nitrogen and oxygen atoms in total. The average Bonchev–Trinajstić information content (AvgIpc) is 3.09. The summed E-state index contributed by atoms with van der Waals surface area (Å²) in [7, 11) is -2.33. The molecule has 6 heteroatoms. The van der Waals surface area contributed by atoms with Crippen molar-refractivity contribution in [3.63, 3.8) is 0 Å². The summed E-state index contributed by atoms with van der Waals surface area (Å²) < 4.78 is 17.9. The van der Waals surface area contributed by atoms with Gasteiger partial charge in [-0.3, -0.25) is 4.79 Å². The Morgan fingerprint density at radius 1 is 1.20 bits per heavy atom. The number of carbonyl (C=O) groups is 1. The minimum atomic E-state index is -2.33. The molecule has 0 aliphatic carbocycles. The number of nitrogens with zero attached hydrogens (tertiary/aromatic N) is 3. The predicted molar refractivity (Wildman–Crippen MR) is 77.4 cm³/mol. The Morgan fingerprint density at radius 2 is 1.90 bits per heavy atom. The van der Waals surface area contributed by atoms with E-state index in [1.165, 1.54) is 0 Å². The highest BCUT2D eigenvalue weighted by Crippen LogP contribution is 2.15. The zero-order valence-electron chi connectivity index (χ0n) is 10.9. The van der Waals surface area contributed by atoms with E-state index in [2.05, 4.69) is 9.35 Å². The number of para-hydroxylation sites is 1. The van der Waals surface area contributed by atoms with Crippen LogP contribution in [0.5, 0.6) is 0 Å². The molecule has 2 aromatic rings. The zero-order valence-corrected chi connectivity index (χ0v) is 11.8. The second-order valence-corrected chi connectivity index (χ2v) is 7.33. The van der Waals surface area contributed by atoms with Crippen LogP contribution in [0.2, 0.25) is 0 Å². The molecule has 104 valence electrons. The summed E-state index contributed by atoms with van der Waals surface area (Å²) in [5.41, 5.74) is 1.16. The van der Waals surface area contributed by atoms with Crippen molar-refractivity contribution >= 4 is 15.6 Å². The van der Waals surface area contributed by atoms with Crippen molar-refractivity contribution in [2.45, 2.75) is 12.8 Å². The molecule has 0 unspecified atom stereocenters. The molecular formula is C14H15N3O2S. The maximum atomic E-state index is 12.2. The van der Waals surface area contributed by atoms with Crippen molar-refractivity contribution in [2.24, 2.45) is 4.36 Å². The van der Waals surface area contributed by atoms with Gasteiger partial charge in [0.05, 0.1) is 9.73 Å². The molecule has 1 fully saturated rings. The van der Waals surface area contributed by atoms with Crippen LogP contribution in [-0.4, -0.2) is 31.2 Å². The Hall–Kier alpha value is -1.95. The van der Waals surface area contributed by atoms with Gasteiger partial charge in [0.15, 0.2) is 0 Å². The van der Waals surface area contributed by atoms with E-state index in [0.717, 1.165) is 18.5 Å². The first-order valence-corrected chi connectivity index (χ1v) is 8.38. The highest BCUT2D eigenvalue weighted by Gasteiger charge is 2.19. The van der Waals surface area contributed by atoms with E-state index in [0.29, 0.717) is 11.5 Å². The van der Waals surface area contributed by atoms with Gasteiger partial charge >= 0.3 is 5.91 Å². The normalized spacial score (nSPS) is 17.0. The summed E-state index contributed by atoms with van der Waals surface area (Å²) in [4.78, 5) is 16.1. The first-order valence-electron chi connectivity index (χ1n) is 6.53.